The van der Waals surface area contributed by atoms with E-state index in [1.165, 1.54) is 18.2 Å². The molecule has 0 spiro atoms. The highest BCUT2D eigenvalue weighted by Gasteiger charge is 2.41. The molecule has 2 aromatic carbocycles. The van der Waals surface area contributed by atoms with Crippen LogP contribution in [0.3, 0.4) is 0 Å². The number of H-pyrrole nitrogens is 2. The van der Waals surface area contributed by atoms with Crippen molar-refractivity contribution in [3.63, 3.8) is 0 Å². The molecule has 44 heavy (non-hydrogen) atoms. The Bertz CT molecular complexity index is 1720. The van der Waals surface area contributed by atoms with Crippen LogP contribution in [0.2, 0.25) is 0 Å². The van der Waals surface area contributed by atoms with Crippen molar-refractivity contribution in [1.82, 2.24) is 24.8 Å². The average molecular weight is 603 g/mol. The van der Waals surface area contributed by atoms with Crippen LogP contribution in [0.4, 0.5) is 5.69 Å². The molecule has 1 saturated heterocycles. The number of hydrogen-bond donors (Lipinski definition) is 4. The van der Waals surface area contributed by atoms with E-state index in [9.17, 15) is 19.5 Å². The van der Waals surface area contributed by atoms with E-state index in [0.29, 0.717) is 45.1 Å². The van der Waals surface area contributed by atoms with Gasteiger partial charge in [-0.3, -0.25) is 19.3 Å². The Labute approximate surface area is 252 Å². The first-order valence-electron chi connectivity index (χ1n) is 14.4. The lowest BCUT2D eigenvalue weighted by molar-refractivity contribution is 0.0516. The minimum atomic E-state index is -0.918. The summed E-state index contributed by atoms with van der Waals surface area (Å²) in [7, 11) is 5.10. The lowest BCUT2D eigenvalue weighted by atomic mass is 10.0. The Kier molecular flexibility index (Phi) is 7.97. The van der Waals surface area contributed by atoms with Gasteiger partial charge in [-0.15, -0.1) is 0 Å². The molecule has 2 amide bonds. The third-order valence-electron chi connectivity index (χ3n) is 8.10. The summed E-state index contributed by atoms with van der Waals surface area (Å²) in [5.41, 5.74) is 1.89. The number of hydrogen-bond acceptors (Lipinski definition) is 10. The monoisotopic (exact) mass is 602 g/mol. The van der Waals surface area contributed by atoms with Gasteiger partial charge in [0.15, 0.2) is 11.5 Å². The van der Waals surface area contributed by atoms with Gasteiger partial charge in [-0.1, -0.05) is 0 Å². The van der Waals surface area contributed by atoms with Crippen molar-refractivity contribution in [2.24, 2.45) is 0 Å². The van der Waals surface area contributed by atoms with Crippen molar-refractivity contribution in [3.8, 4) is 28.6 Å². The molecule has 13 heteroatoms. The number of piperidine rings is 1. The maximum absolute atomic E-state index is 13.3. The fraction of sp³-hybridized carbons (Fsp3) is 0.355. The summed E-state index contributed by atoms with van der Waals surface area (Å²) < 4.78 is 16.2. The molecule has 0 saturated carbocycles. The normalized spacial score (nSPS) is 16.3. The third kappa shape index (κ3) is 5.47. The SMILES string of the molecule is COc1ccc(OCC(O)CNc2cc[nH]c(=O)c2-c2nc3cc4c(cc3[nH]2)C(=O)N(C2CCN(C)CC2)C4=O)cc1OC. The van der Waals surface area contributed by atoms with E-state index in [1.807, 2.05) is 7.05 Å². The van der Waals surface area contributed by atoms with E-state index < -0.39 is 11.7 Å². The van der Waals surface area contributed by atoms with E-state index >= 15 is 0 Å². The zero-order chi connectivity index (χ0) is 31.0. The lowest BCUT2D eigenvalue weighted by Gasteiger charge is -2.33. The molecule has 4 N–H and O–H groups in total. The number of carbonyl (C=O) groups excluding carboxylic acids is 2. The number of rotatable bonds is 10. The maximum Gasteiger partial charge on any atom is 0.261 e. The quantitative estimate of drug-likeness (QED) is 0.198. The highest BCUT2D eigenvalue weighted by molar-refractivity contribution is 6.23. The highest BCUT2D eigenvalue weighted by atomic mass is 16.5. The number of carbonyl (C=O) groups is 2. The van der Waals surface area contributed by atoms with Gasteiger partial charge in [-0.25, -0.2) is 4.98 Å². The van der Waals surface area contributed by atoms with Gasteiger partial charge >= 0.3 is 0 Å². The first-order chi connectivity index (χ1) is 21.3. The first-order valence-corrected chi connectivity index (χ1v) is 14.4. The van der Waals surface area contributed by atoms with Gasteiger partial charge in [-0.05, 0) is 63.3 Å². The predicted octanol–water partition coefficient (Wildman–Crippen LogP) is 2.48. The van der Waals surface area contributed by atoms with E-state index in [4.69, 9.17) is 14.2 Å². The van der Waals surface area contributed by atoms with Crippen LogP contribution >= 0.6 is 0 Å². The molecule has 1 atom stereocenters. The molecule has 0 aliphatic carbocycles. The Balaban J connectivity index is 1.18. The zero-order valence-electron chi connectivity index (χ0n) is 24.7. The molecule has 1 fully saturated rings. The molecule has 4 heterocycles. The standard InChI is InChI=1S/C31H34N6O7/c1-36-10-7-17(8-11-36)37-30(40)20-13-23-24(14-21(20)31(37)41)35-28(34-23)27-22(6-9-32-29(27)39)33-15-18(38)16-44-19-4-5-25(42-2)26(12-19)43-3/h4-6,9,12-14,17-18,38H,7-8,10-11,15-16H2,1-3H3,(H,34,35)(H2,32,33,39). The van der Waals surface area contributed by atoms with E-state index in [-0.39, 0.29) is 42.4 Å². The summed E-state index contributed by atoms with van der Waals surface area (Å²) in [6, 6.07) is 9.87. The molecule has 4 aromatic rings. The van der Waals surface area contributed by atoms with Crippen LogP contribution in [0.25, 0.3) is 22.4 Å². The summed E-state index contributed by atoms with van der Waals surface area (Å²) in [5.74, 6) is 1.21. The summed E-state index contributed by atoms with van der Waals surface area (Å²) in [4.78, 5) is 53.6. The number of aliphatic hydroxyl groups excluding tert-OH is 1. The molecular formula is C31H34N6O7. The molecule has 0 radical (unpaired) electrons. The molecule has 0 bridgehead atoms. The Morgan fingerprint density at radius 3 is 2.48 bits per heavy atom. The summed E-state index contributed by atoms with van der Waals surface area (Å²) in [5, 5.41) is 13.7. The number of fused-ring (bicyclic) bond motifs is 2. The molecule has 1 unspecified atom stereocenters. The number of pyridine rings is 1. The van der Waals surface area contributed by atoms with Crippen LogP contribution in [-0.2, 0) is 0 Å². The first kappa shape index (κ1) is 29.2. The third-order valence-corrected chi connectivity index (χ3v) is 8.10. The molecule has 13 nitrogen and oxygen atoms in total. The van der Waals surface area contributed by atoms with Gasteiger partial charge in [0, 0.05) is 24.8 Å². The highest BCUT2D eigenvalue weighted by Crippen LogP contribution is 2.33. The Hall–Kier alpha value is -4.88. The predicted molar refractivity (Wildman–Crippen MR) is 163 cm³/mol. The minimum Gasteiger partial charge on any atom is -0.493 e. The Morgan fingerprint density at radius 1 is 1.02 bits per heavy atom. The molecule has 6 rings (SSSR count). The summed E-state index contributed by atoms with van der Waals surface area (Å²) in [6.07, 6.45) is 2.06. The van der Waals surface area contributed by atoms with Crippen LogP contribution in [0.1, 0.15) is 33.6 Å². The van der Waals surface area contributed by atoms with Crippen LogP contribution < -0.4 is 25.1 Å². The number of imide groups is 1. The van der Waals surface area contributed by atoms with Gasteiger partial charge in [0.25, 0.3) is 17.4 Å². The van der Waals surface area contributed by atoms with E-state index in [1.54, 1.807) is 43.5 Å². The number of aliphatic hydroxyl groups is 1. The number of imidazole rings is 1. The number of ether oxygens (including phenoxy) is 3. The van der Waals surface area contributed by atoms with Gasteiger partial charge in [0.2, 0.25) is 0 Å². The van der Waals surface area contributed by atoms with Crippen molar-refractivity contribution < 1.29 is 28.9 Å². The van der Waals surface area contributed by atoms with E-state index in [0.717, 1.165) is 25.9 Å². The summed E-state index contributed by atoms with van der Waals surface area (Å²) >= 11 is 0. The van der Waals surface area contributed by atoms with Crippen molar-refractivity contribution in [2.45, 2.75) is 25.0 Å². The molecule has 2 aliphatic rings. The van der Waals surface area contributed by atoms with Gasteiger partial charge in [0.1, 0.15) is 29.8 Å². The van der Waals surface area contributed by atoms with Crippen molar-refractivity contribution in [1.29, 1.82) is 0 Å². The summed E-state index contributed by atoms with van der Waals surface area (Å²) in [6.45, 7) is 1.71. The molecule has 2 aromatic heterocycles. The van der Waals surface area contributed by atoms with Gasteiger partial charge < -0.3 is 39.5 Å². The average Bonchev–Trinajstić information content (AvgIpc) is 3.55. The second-order valence-electron chi connectivity index (χ2n) is 11.0. The topological polar surface area (TPSA) is 162 Å². The van der Waals surface area contributed by atoms with Crippen molar-refractivity contribution in [3.05, 3.63) is 64.1 Å². The number of nitrogens with zero attached hydrogens (tertiary/aromatic N) is 3. The number of aromatic amines is 2. The minimum absolute atomic E-state index is 0.0200. The maximum atomic E-state index is 13.3. The number of amides is 2. The second-order valence-corrected chi connectivity index (χ2v) is 11.0. The van der Waals surface area contributed by atoms with Crippen molar-refractivity contribution in [2.75, 3.05) is 52.8 Å². The molecular weight excluding hydrogens is 568 g/mol. The number of nitrogens with one attached hydrogen (secondary N) is 3. The number of methoxy groups -OCH3 is 2. The zero-order valence-corrected chi connectivity index (χ0v) is 24.7. The van der Waals surface area contributed by atoms with Gasteiger partial charge in [-0.2, -0.15) is 0 Å². The number of benzene rings is 2. The van der Waals surface area contributed by atoms with Crippen LogP contribution in [-0.4, -0.2) is 101 Å². The fourth-order valence-corrected chi connectivity index (χ4v) is 5.71. The lowest BCUT2D eigenvalue weighted by Crippen LogP contribution is -2.46. The fourth-order valence-electron chi connectivity index (χ4n) is 5.71. The second kappa shape index (κ2) is 12.0. The smallest absolute Gasteiger partial charge is 0.261 e. The molecule has 2 aliphatic heterocycles. The van der Waals surface area contributed by atoms with Gasteiger partial charge in [0.05, 0.1) is 42.1 Å². The van der Waals surface area contributed by atoms with Crippen LogP contribution in [0, 0.1) is 0 Å². The number of likely N-dealkylation sites (tertiary alicyclic amines) is 1. The number of anilines is 1. The van der Waals surface area contributed by atoms with E-state index in [2.05, 4.69) is 25.2 Å². The number of aromatic nitrogens is 3. The van der Waals surface area contributed by atoms with Crippen LogP contribution in [0.5, 0.6) is 17.2 Å². The largest absolute Gasteiger partial charge is 0.493 e. The van der Waals surface area contributed by atoms with Crippen LogP contribution in [0.15, 0.2) is 47.4 Å². The molecule has 230 valence electrons. The van der Waals surface area contributed by atoms with Crippen molar-refractivity contribution >= 4 is 28.5 Å². The Morgan fingerprint density at radius 2 is 1.75 bits per heavy atom.